The Balaban J connectivity index is 1.63. The van der Waals surface area contributed by atoms with Gasteiger partial charge in [0.2, 0.25) is 0 Å². The number of aliphatic hydroxyl groups is 1. The summed E-state index contributed by atoms with van der Waals surface area (Å²) in [6.45, 7) is 3.60. The summed E-state index contributed by atoms with van der Waals surface area (Å²) in [5, 5.41) is 14.0. The molecular formula is C19H25ClN2O2. The fraction of sp³-hybridized carbons (Fsp3) is 0.632. The lowest BCUT2D eigenvalue weighted by Gasteiger charge is -2.33. The fourth-order valence-corrected chi connectivity index (χ4v) is 3.44. The number of rotatable bonds is 3. The molecule has 1 aromatic heterocycles. The molecule has 1 aliphatic carbocycles. The van der Waals surface area contributed by atoms with Crippen LogP contribution in [0.2, 0.25) is 5.15 Å². The van der Waals surface area contributed by atoms with Gasteiger partial charge < -0.3 is 15.2 Å². The number of aromatic nitrogens is 1. The Hall–Kier alpha value is -1.28. The minimum atomic E-state index is -0.492. The quantitative estimate of drug-likeness (QED) is 0.647. The highest BCUT2D eigenvalue weighted by Crippen LogP contribution is 2.32. The molecule has 4 nitrogen and oxygen atoms in total. The predicted octanol–water partition coefficient (Wildman–Crippen LogP) is 3.62. The maximum Gasteiger partial charge on any atom is 0.131 e. The molecular weight excluding hydrogens is 324 g/mol. The smallest absolute Gasteiger partial charge is 0.131 e. The van der Waals surface area contributed by atoms with Crippen molar-refractivity contribution >= 4 is 17.3 Å². The third kappa shape index (κ3) is 4.86. The van der Waals surface area contributed by atoms with E-state index in [9.17, 15) is 5.11 Å². The minimum absolute atomic E-state index is 0.0362. The van der Waals surface area contributed by atoms with Crippen LogP contribution in [0.5, 0.6) is 0 Å². The maximum absolute atomic E-state index is 10.1. The Kier molecular flexibility index (Phi) is 5.65. The molecule has 0 aromatic carbocycles. The highest BCUT2D eigenvalue weighted by molar-refractivity contribution is 6.29. The zero-order valence-electron chi connectivity index (χ0n) is 14.1. The van der Waals surface area contributed by atoms with Crippen molar-refractivity contribution in [3.63, 3.8) is 0 Å². The van der Waals surface area contributed by atoms with Crippen molar-refractivity contribution in [2.45, 2.75) is 57.2 Å². The Morgan fingerprint density at radius 3 is 2.92 bits per heavy atom. The van der Waals surface area contributed by atoms with Gasteiger partial charge in [-0.15, -0.1) is 0 Å². The number of hydrogen-bond donors (Lipinski definition) is 2. The Morgan fingerprint density at radius 2 is 2.21 bits per heavy atom. The first kappa shape index (κ1) is 17.5. The number of nitrogens with one attached hydrogen (secondary N) is 1. The van der Waals surface area contributed by atoms with Crippen LogP contribution in [0.4, 0.5) is 5.69 Å². The Labute approximate surface area is 149 Å². The van der Waals surface area contributed by atoms with Crippen LogP contribution in [0.3, 0.4) is 0 Å². The second-order valence-electron chi connectivity index (χ2n) is 7.14. The van der Waals surface area contributed by atoms with Crippen molar-refractivity contribution < 1.29 is 9.84 Å². The first-order chi connectivity index (χ1) is 11.5. The number of ether oxygens (including phenoxy) is 1. The van der Waals surface area contributed by atoms with Gasteiger partial charge in [0.15, 0.2) is 0 Å². The van der Waals surface area contributed by atoms with Crippen molar-refractivity contribution in [1.29, 1.82) is 0 Å². The van der Waals surface area contributed by atoms with Gasteiger partial charge in [0.25, 0.3) is 0 Å². The molecule has 0 bridgehead atoms. The van der Waals surface area contributed by atoms with Crippen LogP contribution < -0.4 is 5.32 Å². The average Bonchev–Trinajstić information content (AvgIpc) is 3.06. The van der Waals surface area contributed by atoms with Gasteiger partial charge in [-0.05, 0) is 57.4 Å². The summed E-state index contributed by atoms with van der Waals surface area (Å²) in [5.74, 6) is 6.93. The lowest BCUT2D eigenvalue weighted by Crippen LogP contribution is -2.32. The van der Waals surface area contributed by atoms with Crippen molar-refractivity contribution in [3.8, 4) is 11.8 Å². The lowest BCUT2D eigenvalue weighted by molar-refractivity contribution is 0.00977. The van der Waals surface area contributed by atoms with Gasteiger partial charge in [0, 0.05) is 19.3 Å². The summed E-state index contributed by atoms with van der Waals surface area (Å²) in [6, 6.07) is 1.83. The van der Waals surface area contributed by atoms with E-state index in [0.717, 1.165) is 62.9 Å². The molecule has 2 N–H and O–H groups in total. The summed E-state index contributed by atoms with van der Waals surface area (Å²) >= 11 is 6.05. The highest BCUT2D eigenvalue weighted by atomic mass is 35.5. The Morgan fingerprint density at radius 1 is 1.42 bits per heavy atom. The molecule has 1 aliphatic heterocycles. The predicted molar refractivity (Wildman–Crippen MR) is 96.2 cm³/mol. The van der Waals surface area contributed by atoms with E-state index in [0.29, 0.717) is 11.1 Å². The van der Waals surface area contributed by atoms with Gasteiger partial charge in [-0.1, -0.05) is 23.4 Å². The summed E-state index contributed by atoms with van der Waals surface area (Å²) in [5.41, 5.74) is 1.30. The summed E-state index contributed by atoms with van der Waals surface area (Å²) in [6.07, 6.45) is 7.63. The van der Waals surface area contributed by atoms with Crippen molar-refractivity contribution in [2.24, 2.45) is 5.92 Å². The number of anilines is 1. The number of pyridine rings is 1. The van der Waals surface area contributed by atoms with Crippen molar-refractivity contribution in [2.75, 3.05) is 18.5 Å². The molecule has 0 amide bonds. The van der Waals surface area contributed by atoms with Gasteiger partial charge in [-0.2, -0.15) is 0 Å². The topological polar surface area (TPSA) is 54.4 Å². The second kappa shape index (κ2) is 7.74. The van der Waals surface area contributed by atoms with E-state index >= 15 is 0 Å². The lowest BCUT2D eigenvalue weighted by atomic mass is 9.80. The van der Waals surface area contributed by atoms with Crippen LogP contribution in [0.25, 0.3) is 0 Å². The normalized spacial score (nSPS) is 29.8. The van der Waals surface area contributed by atoms with E-state index < -0.39 is 5.60 Å². The summed E-state index contributed by atoms with van der Waals surface area (Å²) < 4.78 is 5.55. The van der Waals surface area contributed by atoms with Crippen LogP contribution in [0.15, 0.2) is 12.3 Å². The number of halogens is 1. The largest absolute Gasteiger partial charge is 0.390 e. The van der Waals surface area contributed by atoms with Gasteiger partial charge in [-0.25, -0.2) is 4.98 Å². The van der Waals surface area contributed by atoms with Gasteiger partial charge >= 0.3 is 0 Å². The highest BCUT2D eigenvalue weighted by Gasteiger charge is 2.28. The zero-order chi connectivity index (χ0) is 17.0. The summed E-state index contributed by atoms with van der Waals surface area (Å²) in [7, 11) is 0. The molecule has 2 heterocycles. The molecule has 0 radical (unpaired) electrons. The van der Waals surface area contributed by atoms with E-state index in [4.69, 9.17) is 16.3 Å². The minimum Gasteiger partial charge on any atom is -0.390 e. The van der Waals surface area contributed by atoms with Crippen molar-refractivity contribution in [3.05, 3.63) is 23.0 Å². The average molecular weight is 349 g/mol. The molecule has 1 atom stereocenters. The van der Waals surface area contributed by atoms with E-state index in [2.05, 4.69) is 22.1 Å². The van der Waals surface area contributed by atoms with Gasteiger partial charge in [0.1, 0.15) is 11.3 Å². The third-order valence-corrected chi connectivity index (χ3v) is 5.14. The number of hydrogen-bond acceptors (Lipinski definition) is 4. The Bertz CT molecular complexity index is 620. The molecule has 1 saturated heterocycles. The first-order valence-electron chi connectivity index (χ1n) is 8.77. The molecule has 2 aliphatic rings. The van der Waals surface area contributed by atoms with Crippen molar-refractivity contribution in [1.82, 2.24) is 4.98 Å². The third-order valence-electron chi connectivity index (χ3n) is 4.93. The van der Waals surface area contributed by atoms with Crippen LogP contribution in [-0.2, 0) is 4.74 Å². The number of nitrogens with zero attached hydrogens (tertiary/aromatic N) is 1. The van der Waals surface area contributed by atoms with E-state index in [-0.39, 0.29) is 6.10 Å². The monoisotopic (exact) mass is 348 g/mol. The van der Waals surface area contributed by atoms with Crippen LogP contribution in [0.1, 0.15) is 51.0 Å². The van der Waals surface area contributed by atoms with E-state index in [1.54, 1.807) is 6.20 Å². The first-order valence-corrected chi connectivity index (χ1v) is 9.15. The standard InChI is InChI=1S/C19H25ClN2O2/c1-19(23)8-6-14(7-9-19)12-21-17-11-18(20)22-13-15(17)4-5-16-3-2-10-24-16/h11,13-14,16,23H,2-3,6-10,12H2,1H3,(H,21,22)/t14-,16?,19-. The van der Waals surface area contributed by atoms with Crippen LogP contribution in [0, 0.1) is 17.8 Å². The fourth-order valence-electron chi connectivity index (χ4n) is 3.28. The molecule has 2 fully saturated rings. The zero-order valence-corrected chi connectivity index (χ0v) is 14.9. The molecule has 1 aromatic rings. The second-order valence-corrected chi connectivity index (χ2v) is 7.53. The van der Waals surface area contributed by atoms with Crippen LogP contribution >= 0.6 is 11.6 Å². The van der Waals surface area contributed by atoms with Crippen LogP contribution in [-0.4, -0.2) is 34.9 Å². The van der Waals surface area contributed by atoms with E-state index in [1.807, 2.05) is 13.0 Å². The van der Waals surface area contributed by atoms with Gasteiger partial charge in [0.05, 0.1) is 16.9 Å². The summed E-state index contributed by atoms with van der Waals surface area (Å²) in [4.78, 5) is 4.15. The molecule has 5 heteroatoms. The molecule has 0 spiro atoms. The molecule has 130 valence electrons. The van der Waals surface area contributed by atoms with Gasteiger partial charge in [-0.3, -0.25) is 0 Å². The molecule has 1 unspecified atom stereocenters. The SMILES string of the molecule is C[C@]1(O)CC[C@H](CNc2cc(Cl)ncc2C#CC2CCCO2)CC1. The molecule has 3 rings (SSSR count). The molecule has 24 heavy (non-hydrogen) atoms. The maximum atomic E-state index is 10.1. The van der Waals surface area contributed by atoms with E-state index in [1.165, 1.54) is 0 Å². The molecule has 1 saturated carbocycles.